The minimum atomic E-state index is 0.994. The van der Waals surface area contributed by atoms with Crippen molar-refractivity contribution in [2.24, 2.45) is 0 Å². The van der Waals surface area contributed by atoms with E-state index in [1.807, 2.05) is 12.4 Å². The van der Waals surface area contributed by atoms with Gasteiger partial charge in [0.25, 0.3) is 0 Å². The number of hydrogen-bond acceptors (Lipinski definition) is 1. The first-order chi connectivity index (χ1) is 10.9. The zero-order valence-electron chi connectivity index (χ0n) is 12.0. The summed E-state index contributed by atoms with van der Waals surface area (Å²) in [6, 6.07) is 23.5. The summed E-state index contributed by atoms with van der Waals surface area (Å²) < 4.78 is 2.21. The minimum absolute atomic E-state index is 0.994. The van der Waals surface area contributed by atoms with Crippen LogP contribution in [-0.2, 0) is 6.42 Å². The molecule has 0 atom stereocenters. The molecule has 0 aliphatic heterocycles. The van der Waals surface area contributed by atoms with E-state index in [0.29, 0.717) is 0 Å². The Morgan fingerprint density at radius 1 is 0.773 bits per heavy atom. The lowest BCUT2D eigenvalue weighted by molar-refractivity contribution is 1.06. The van der Waals surface area contributed by atoms with E-state index in [9.17, 15) is 0 Å². The summed E-state index contributed by atoms with van der Waals surface area (Å²) in [6.07, 6.45) is 2.93. The van der Waals surface area contributed by atoms with Gasteiger partial charge < -0.3 is 0 Å². The maximum Gasteiger partial charge on any atom is 0.100 e. The van der Waals surface area contributed by atoms with E-state index >= 15 is 0 Å². The molecule has 3 aromatic carbocycles. The fourth-order valence-corrected chi connectivity index (χ4v) is 3.52. The number of hydrogen-bond donors (Lipinski definition) is 0. The highest BCUT2D eigenvalue weighted by Crippen LogP contribution is 2.39. The van der Waals surface area contributed by atoms with E-state index in [4.69, 9.17) is 0 Å². The van der Waals surface area contributed by atoms with Gasteiger partial charge in [-0.15, -0.1) is 0 Å². The van der Waals surface area contributed by atoms with Crippen molar-refractivity contribution in [1.82, 2.24) is 9.55 Å². The highest BCUT2D eigenvalue weighted by molar-refractivity contribution is 5.83. The Hall–Kier alpha value is -2.87. The van der Waals surface area contributed by atoms with E-state index in [1.54, 1.807) is 0 Å². The van der Waals surface area contributed by atoms with Gasteiger partial charge in [0.15, 0.2) is 0 Å². The summed E-state index contributed by atoms with van der Waals surface area (Å²) >= 11 is 0. The van der Waals surface area contributed by atoms with Gasteiger partial charge in [-0.05, 0) is 40.5 Å². The number of aromatic nitrogens is 2. The monoisotopic (exact) mass is 282 g/mol. The quantitative estimate of drug-likeness (QED) is 0.439. The third-order valence-corrected chi connectivity index (χ3v) is 4.54. The molecule has 0 bridgehead atoms. The van der Waals surface area contributed by atoms with Crippen LogP contribution in [0, 0.1) is 0 Å². The number of imidazole rings is 1. The van der Waals surface area contributed by atoms with Gasteiger partial charge >= 0.3 is 0 Å². The number of benzene rings is 3. The summed E-state index contributed by atoms with van der Waals surface area (Å²) in [5.41, 5.74) is 8.96. The summed E-state index contributed by atoms with van der Waals surface area (Å²) in [6.45, 7) is 0. The zero-order valence-corrected chi connectivity index (χ0v) is 12.0. The van der Waals surface area contributed by atoms with Crippen LogP contribution in [0.25, 0.3) is 27.8 Å². The normalized spacial score (nSPS) is 12.4. The molecule has 1 aromatic heterocycles. The average molecular weight is 282 g/mol. The molecule has 104 valence electrons. The van der Waals surface area contributed by atoms with E-state index < -0.39 is 0 Å². The molecule has 1 aliphatic rings. The van der Waals surface area contributed by atoms with Gasteiger partial charge in [0.2, 0.25) is 0 Å². The number of rotatable bonds is 1. The Kier molecular flexibility index (Phi) is 2.30. The Balaban J connectivity index is 1.79. The molecule has 2 nitrogen and oxygen atoms in total. The van der Waals surface area contributed by atoms with Gasteiger partial charge in [-0.2, -0.15) is 0 Å². The smallest absolute Gasteiger partial charge is 0.100 e. The second-order valence-corrected chi connectivity index (χ2v) is 5.74. The SMILES string of the molecule is c1ccc2c(c1)Cc1c-2cccc1-n1cnc2ccccc21. The standard InChI is InChI=1S/C20H14N2/c1-2-7-15-14(6-1)12-17-16(15)8-5-11-19(17)22-13-21-18-9-3-4-10-20(18)22/h1-11,13H,12H2. The molecule has 0 fully saturated rings. The minimum Gasteiger partial charge on any atom is -0.299 e. The highest BCUT2D eigenvalue weighted by atomic mass is 15.0. The van der Waals surface area contributed by atoms with Crippen LogP contribution >= 0.6 is 0 Å². The predicted octanol–water partition coefficient (Wildman–Crippen LogP) is 4.60. The molecule has 0 N–H and O–H groups in total. The molecule has 0 unspecified atom stereocenters. The summed E-state index contributed by atoms with van der Waals surface area (Å²) in [5, 5.41) is 0. The molecule has 0 amide bonds. The largest absolute Gasteiger partial charge is 0.299 e. The van der Waals surface area contributed by atoms with Crippen molar-refractivity contribution in [2.45, 2.75) is 6.42 Å². The topological polar surface area (TPSA) is 17.8 Å². The van der Waals surface area contributed by atoms with Crippen LogP contribution in [0.15, 0.2) is 73.1 Å². The van der Waals surface area contributed by atoms with Crippen LogP contribution in [0.1, 0.15) is 11.1 Å². The Morgan fingerprint density at radius 3 is 2.59 bits per heavy atom. The van der Waals surface area contributed by atoms with Crippen LogP contribution in [0.2, 0.25) is 0 Å². The molecule has 5 rings (SSSR count). The number of nitrogens with zero attached hydrogens (tertiary/aromatic N) is 2. The van der Waals surface area contributed by atoms with Crippen LogP contribution in [0.4, 0.5) is 0 Å². The fourth-order valence-electron chi connectivity index (χ4n) is 3.52. The van der Waals surface area contributed by atoms with Gasteiger partial charge in [-0.1, -0.05) is 48.5 Å². The van der Waals surface area contributed by atoms with Crippen LogP contribution < -0.4 is 0 Å². The van der Waals surface area contributed by atoms with E-state index in [-0.39, 0.29) is 0 Å². The molecule has 4 aromatic rings. The average Bonchev–Trinajstić information content (AvgIpc) is 3.16. The molecule has 2 heteroatoms. The highest BCUT2D eigenvalue weighted by Gasteiger charge is 2.21. The molecule has 0 saturated heterocycles. The fraction of sp³-hybridized carbons (Fsp3) is 0.0500. The first-order valence-electron chi connectivity index (χ1n) is 7.54. The van der Waals surface area contributed by atoms with Crippen LogP contribution in [0.3, 0.4) is 0 Å². The second kappa shape index (κ2) is 4.31. The number of para-hydroxylation sites is 2. The molecular formula is C20H14N2. The van der Waals surface area contributed by atoms with E-state index in [0.717, 1.165) is 17.5 Å². The summed E-state index contributed by atoms with van der Waals surface area (Å²) in [4.78, 5) is 4.53. The number of fused-ring (bicyclic) bond motifs is 4. The van der Waals surface area contributed by atoms with Gasteiger partial charge in [0.05, 0.1) is 16.7 Å². The van der Waals surface area contributed by atoms with Crippen LogP contribution in [-0.4, -0.2) is 9.55 Å². The summed E-state index contributed by atoms with van der Waals surface area (Å²) in [5.74, 6) is 0. The maximum atomic E-state index is 4.53. The molecule has 22 heavy (non-hydrogen) atoms. The third-order valence-electron chi connectivity index (χ3n) is 4.54. The second-order valence-electron chi connectivity index (χ2n) is 5.74. The van der Waals surface area contributed by atoms with Gasteiger partial charge in [-0.3, -0.25) is 4.57 Å². The van der Waals surface area contributed by atoms with Crippen molar-refractivity contribution in [2.75, 3.05) is 0 Å². The molecular weight excluding hydrogens is 268 g/mol. The van der Waals surface area contributed by atoms with Gasteiger partial charge in [0.1, 0.15) is 6.33 Å². The molecule has 0 spiro atoms. The molecule has 1 heterocycles. The third kappa shape index (κ3) is 1.52. The van der Waals surface area contributed by atoms with Crippen molar-refractivity contribution in [3.05, 3.63) is 84.2 Å². The lowest BCUT2D eigenvalue weighted by atomic mass is 10.0. The van der Waals surface area contributed by atoms with Crippen molar-refractivity contribution >= 4 is 11.0 Å². The Morgan fingerprint density at radius 2 is 1.59 bits per heavy atom. The van der Waals surface area contributed by atoms with E-state index in [1.165, 1.54) is 27.9 Å². The van der Waals surface area contributed by atoms with Crippen molar-refractivity contribution < 1.29 is 0 Å². The molecule has 1 aliphatic carbocycles. The first-order valence-corrected chi connectivity index (χ1v) is 7.54. The van der Waals surface area contributed by atoms with Crippen LogP contribution in [0.5, 0.6) is 0 Å². The summed E-state index contributed by atoms with van der Waals surface area (Å²) in [7, 11) is 0. The maximum absolute atomic E-state index is 4.53. The Labute approximate surface area is 128 Å². The van der Waals surface area contributed by atoms with Crippen molar-refractivity contribution in [1.29, 1.82) is 0 Å². The lowest BCUT2D eigenvalue weighted by Crippen LogP contribution is -1.97. The predicted molar refractivity (Wildman–Crippen MR) is 89.3 cm³/mol. The van der Waals surface area contributed by atoms with E-state index in [2.05, 4.69) is 70.2 Å². The van der Waals surface area contributed by atoms with Crippen molar-refractivity contribution in [3.63, 3.8) is 0 Å². The Bertz CT molecular complexity index is 1010. The van der Waals surface area contributed by atoms with Gasteiger partial charge in [-0.25, -0.2) is 4.98 Å². The lowest BCUT2D eigenvalue weighted by Gasteiger charge is -2.10. The molecule has 0 radical (unpaired) electrons. The first kappa shape index (κ1) is 11.8. The zero-order chi connectivity index (χ0) is 14.5. The molecule has 0 saturated carbocycles. The van der Waals surface area contributed by atoms with Gasteiger partial charge in [0, 0.05) is 6.42 Å². The van der Waals surface area contributed by atoms with Crippen molar-refractivity contribution in [3.8, 4) is 16.8 Å².